The Morgan fingerprint density at radius 1 is 1.00 bits per heavy atom. The van der Waals surface area contributed by atoms with Gasteiger partial charge in [0, 0.05) is 0 Å². The van der Waals surface area contributed by atoms with Crippen LogP contribution in [0.4, 0.5) is 0 Å². The molecule has 0 amide bonds. The molecule has 2 heterocycles. The number of nitrogens with zero attached hydrogens (tertiary/aromatic N) is 2. The Morgan fingerprint density at radius 2 is 1.78 bits per heavy atom. The first kappa shape index (κ1) is 15.6. The minimum absolute atomic E-state index is 0.154. The lowest BCUT2D eigenvalue weighted by atomic mass is 10.3. The molecular weight excluding hydrogens is 364 g/mol. The lowest BCUT2D eigenvalue weighted by Gasteiger charge is -2.10. The van der Waals surface area contributed by atoms with Gasteiger partial charge in [-0.25, -0.2) is 0 Å². The molecule has 6 nitrogen and oxygen atoms in total. The minimum atomic E-state index is 0.154. The molecule has 0 bridgehead atoms. The molecule has 0 saturated carbocycles. The van der Waals surface area contributed by atoms with Crippen LogP contribution in [0.3, 0.4) is 0 Å². The van der Waals surface area contributed by atoms with E-state index < -0.39 is 0 Å². The highest BCUT2D eigenvalue weighted by molar-refractivity contribution is 9.10. The van der Waals surface area contributed by atoms with E-state index >= 15 is 0 Å². The first-order chi connectivity index (χ1) is 11.3. The number of benzene rings is 1. The lowest BCUT2D eigenvalue weighted by molar-refractivity contribution is 0.239. The molecule has 0 fully saturated rings. The van der Waals surface area contributed by atoms with Gasteiger partial charge < -0.3 is 18.3 Å². The van der Waals surface area contributed by atoms with Gasteiger partial charge >= 0.3 is 0 Å². The van der Waals surface area contributed by atoms with Crippen molar-refractivity contribution >= 4 is 15.9 Å². The third-order valence-electron chi connectivity index (χ3n) is 2.91. The minimum Gasteiger partial charge on any atom is -0.490 e. The van der Waals surface area contributed by atoms with E-state index in [1.54, 1.807) is 12.1 Å². The zero-order chi connectivity index (χ0) is 16.1. The maximum absolute atomic E-state index is 5.71. The normalized spacial score (nSPS) is 10.7. The summed E-state index contributed by atoms with van der Waals surface area (Å²) in [7, 11) is 0. The number of furan rings is 1. The van der Waals surface area contributed by atoms with Gasteiger partial charge in [-0.3, -0.25) is 0 Å². The van der Waals surface area contributed by atoms with Gasteiger partial charge in [-0.05, 0) is 46.6 Å². The fourth-order valence-electron chi connectivity index (χ4n) is 1.88. The number of hydrogen-bond donors (Lipinski definition) is 0. The highest BCUT2D eigenvalue weighted by Crippen LogP contribution is 2.28. The summed E-state index contributed by atoms with van der Waals surface area (Å²) in [6.45, 7) is 2.84. The smallest absolute Gasteiger partial charge is 0.283 e. The molecule has 0 radical (unpaired) electrons. The highest BCUT2D eigenvalue weighted by atomic mass is 79.9. The second-order valence-corrected chi connectivity index (χ2v) is 5.47. The van der Waals surface area contributed by atoms with Gasteiger partial charge in [-0.15, -0.1) is 10.2 Å². The van der Waals surface area contributed by atoms with Gasteiger partial charge in [0.1, 0.15) is 0 Å². The summed E-state index contributed by atoms with van der Waals surface area (Å²) in [5.41, 5.74) is 0. The molecule has 0 spiro atoms. The summed E-state index contributed by atoms with van der Waals surface area (Å²) >= 11 is 3.23. The Labute approximate surface area is 141 Å². The molecule has 0 unspecified atom stereocenters. The van der Waals surface area contributed by atoms with Gasteiger partial charge in [-0.1, -0.05) is 19.1 Å². The summed E-state index contributed by atoms with van der Waals surface area (Å²) in [5, 5.41) is 7.89. The Bertz CT molecular complexity index is 769. The van der Waals surface area contributed by atoms with Gasteiger partial charge in [0.25, 0.3) is 11.8 Å². The van der Waals surface area contributed by atoms with Crippen LogP contribution in [0.1, 0.15) is 19.2 Å². The van der Waals surface area contributed by atoms with Crippen LogP contribution in [0, 0.1) is 0 Å². The second-order valence-electron chi connectivity index (χ2n) is 4.69. The maximum Gasteiger partial charge on any atom is 0.283 e. The van der Waals surface area contributed by atoms with Crippen LogP contribution in [0.15, 0.2) is 49.9 Å². The summed E-state index contributed by atoms with van der Waals surface area (Å²) in [5.74, 6) is 2.51. The van der Waals surface area contributed by atoms with Crippen LogP contribution in [0.5, 0.6) is 11.5 Å². The molecule has 0 aliphatic rings. The van der Waals surface area contributed by atoms with Crippen molar-refractivity contribution in [2.24, 2.45) is 0 Å². The van der Waals surface area contributed by atoms with Crippen molar-refractivity contribution in [3.63, 3.8) is 0 Å². The van der Waals surface area contributed by atoms with Gasteiger partial charge in [-0.2, -0.15) is 0 Å². The Morgan fingerprint density at radius 3 is 2.48 bits per heavy atom. The van der Waals surface area contributed by atoms with Crippen LogP contribution >= 0.6 is 15.9 Å². The maximum atomic E-state index is 5.71. The van der Waals surface area contributed by atoms with Crippen molar-refractivity contribution in [2.45, 2.75) is 20.0 Å². The quantitative estimate of drug-likeness (QED) is 0.604. The number of rotatable bonds is 7. The summed E-state index contributed by atoms with van der Waals surface area (Å²) in [6.07, 6.45) is 0.931. The van der Waals surface area contributed by atoms with Crippen LogP contribution in [0.25, 0.3) is 11.7 Å². The molecule has 7 heteroatoms. The van der Waals surface area contributed by atoms with Crippen molar-refractivity contribution in [3.8, 4) is 23.1 Å². The molecule has 0 atom stereocenters. The highest BCUT2D eigenvalue weighted by Gasteiger charge is 2.13. The predicted molar refractivity (Wildman–Crippen MR) is 86.3 cm³/mol. The van der Waals surface area contributed by atoms with Crippen LogP contribution < -0.4 is 9.47 Å². The van der Waals surface area contributed by atoms with Gasteiger partial charge in [0.2, 0.25) is 0 Å². The molecule has 3 aromatic rings. The van der Waals surface area contributed by atoms with Gasteiger partial charge in [0.15, 0.2) is 28.5 Å². The third kappa shape index (κ3) is 3.92. The number of halogens is 1. The van der Waals surface area contributed by atoms with Crippen molar-refractivity contribution in [2.75, 3.05) is 6.61 Å². The Hall–Kier alpha value is -2.28. The fourth-order valence-corrected chi connectivity index (χ4v) is 2.19. The molecule has 2 aromatic heterocycles. The second kappa shape index (κ2) is 7.32. The van der Waals surface area contributed by atoms with E-state index in [0.717, 1.165) is 6.42 Å². The number of para-hydroxylation sites is 2. The predicted octanol–water partition coefficient (Wildman–Crippen LogP) is 4.46. The largest absolute Gasteiger partial charge is 0.490 e. The molecular formula is C16H15BrN2O4. The van der Waals surface area contributed by atoms with E-state index in [1.807, 2.05) is 24.3 Å². The first-order valence-corrected chi connectivity index (χ1v) is 7.98. The standard InChI is InChI=1S/C16H15BrN2O4/c1-2-9-20-11-5-3-4-6-12(11)21-10-15-18-19-16(23-15)13-7-8-14(17)22-13/h3-8H,2,9-10H2,1H3. The SMILES string of the molecule is CCCOc1ccccc1OCc1nnc(-c2ccc(Br)o2)o1. The van der Waals surface area contributed by atoms with Crippen LogP contribution in [-0.2, 0) is 6.61 Å². The molecule has 0 N–H and O–H groups in total. The van der Waals surface area contributed by atoms with E-state index in [-0.39, 0.29) is 6.61 Å². The summed E-state index contributed by atoms with van der Waals surface area (Å²) in [4.78, 5) is 0. The van der Waals surface area contributed by atoms with E-state index in [2.05, 4.69) is 33.1 Å². The number of ether oxygens (including phenoxy) is 2. The summed E-state index contributed by atoms with van der Waals surface area (Å²) in [6, 6.07) is 11.0. The Kier molecular flexibility index (Phi) is 4.97. The molecule has 1 aromatic carbocycles. The zero-order valence-electron chi connectivity index (χ0n) is 12.5. The Balaban J connectivity index is 1.66. The fraction of sp³-hybridized carbons (Fsp3) is 0.250. The van der Waals surface area contributed by atoms with Crippen molar-refractivity contribution in [1.82, 2.24) is 10.2 Å². The average Bonchev–Trinajstić information content (AvgIpc) is 3.20. The monoisotopic (exact) mass is 378 g/mol. The van der Waals surface area contributed by atoms with E-state index in [0.29, 0.717) is 40.3 Å². The molecule has 0 saturated heterocycles. The molecule has 0 aliphatic carbocycles. The third-order valence-corrected chi connectivity index (χ3v) is 3.34. The van der Waals surface area contributed by atoms with Gasteiger partial charge in [0.05, 0.1) is 6.61 Å². The van der Waals surface area contributed by atoms with Crippen LogP contribution in [-0.4, -0.2) is 16.8 Å². The number of hydrogen-bond acceptors (Lipinski definition) is 6. The first-order valence-electron chi connectivity index (χ1n) is 7.19. The lowest BCUT2D eigenvalue weighted by Crippen LogP contribution is -2.00. The van der Waals surface area contributed by atoms with Crippen molar-refractivity contribution in [1.29, 1.82) is 0 Å². The van der Waals surface area contributed by atoms with Crippen LogP contribution in [0.2, 0.25) is 0 Å². The zero-order valence-corrected chi connectivity index (χ0v) is 14.1. The van der Waals surface area contributed by atoms with E-state index in [9.17, 15) is 0 Å². The van der Waals surface area contributed by atoms with E-state index in [4.69, 9.17) is 18.3 Å². The average molecular weight is 379 g/mol. The topological polar surface area (TPSA) is 70.5 Å². The molecule has 0 aliphatic heterocycles. The molecule has 120 valence electrons. The summed E-state index contributed by atoms with van der Waals surface area (Å²) < 4.78 is 22.8. The molecule has 3 rings (SSSR count). The van der Waals surface area contributed by atoms with Crippen molar-refractivity contribution in [3.05, 3.63) is 47.0 Å². The van der Waals surface area contributed by atoms with E-state index in [1.165, 1.54) is 0 Å². The van der Waals surface area contributed by atoms with Crippen molar-refractivity contribution < 1.29 is 18.3 Å². The molecule has 23 heavy (non-hydrogen) atoms. The number of aromatic nitrogens is 2.